The Morgan fingerprint density at radius 2 is 0.917 bits per heavy atom. The van der Waals surface area contributed by atoms with Crippen LogP contribution in [0.5, 0.6) is 0 Å². The van der Waals surface area contributed by atoms with Crippen molar-refractivity contribution in [2.75, 3.05) is 0 Å². The molecule has 0 aliphatic carbocycles. The summed E-state index contributed by atoms with van der Waals surface area (Å²) in [5.41, 5.74) is 0. The zero-order valence-corrected chi connectivity index (χ0v) is 13.8. The average molecular weight is 281 g/mol. The Labute approximate surface area is 108 Å². The number of halogens is 2. The summed E-state index contributed by atoms with van der Waals surface area (Å²) in [5, 5.41) is 0. The molecule has 1 nitrogen and oxygen atoms in total. The van der Waals surface area contributed by atoms with Crippen LogP contribution in [0.3, 0.4) is 0 Å². The SMILES string of the molecule is C[Si](C)(C)[N-][Si](C)(C)C.[Cl-].[Cl-].[HH].[Ti+3]. The Morgan fingerprint density at radius 3 is 0.917 bits per heavy atom. The summed E-state index contributed by atoms with van der Waals surface area (Å²) in [6.07, 6.45) is 0. The minimum Gasteiger partial charge on any atom is -1.00 e. The molecule has 0 bridgehead atoms. The van der Waals surface area contributed by atoms with Crippen molar-refractivity contribution in [3.63, 3.8) is 0 Å². The second kappa shape index (κ2) is 8.03. The minimum atomic E-state index is -1.11. The Bertz CT molecular complexity index is 93.8. The number of nitrogens with zero attached hydrogens (tertiary/aromatic N) is 1. The molecule has 0 fully saturated rings. The smallest absolute Gasteiger partial charge is 1.00 e. The van der Waals surface area contributed by atoms with Gasteiger partial charge in [0.05, 0.1) is 0 Å². The standard InChI is InChI=1S/C6H18NSi2.2ClH.Ti.H2/c1-8(2,3)7-9(4,5)6;;;;/h1-6H3;2*1H;;1H/q-1;;;+3;/p-2. The van der Waals surface area contributed by atoms with E-state index in [1.807, 2.05) is 0 Å². The molecule has 0 aromatic carbocycles. The maximum atomic E-state index is 4.82. The van der Waals surface area contributed by atoms with Gasteiger partial charge in [-0.25, -0.2) is 0 Å². The first-order chi connectivity index (χ1) is 3.71. The van der Waals surface area contributed by atoms with E-state index in [1.54, 1.807) is 0 Å². The molecule has 0 aliphatic heterocycles. The van der Waals surface area contributed by atoms with Gasteiger partial charge < -0.3 is 29.5 Å². The molecule has 0 amide bonds. The second-order valence-corrected chi connectivity index (χ2v) is 14.0. The van der Waals surface area contributed by atoms with Crippen molar-refractivity contribution in [3.8, 4) is 0 Å². The van der Waals surface area contributed by atoms with Crippen molar-refractivity contribution >= 4 is 16.5 Å². The number of hydrogen-bond donors (Lipinski definition) is 0. The van der Waals surface area contributed by atoms with Gasteiger partial charge in [-0.05, 0) is 0 Å². The third-order valence-electron chi connectivity index (χ3n) is 0.671. The topological polar surface area (TPSA) is 14.1 Å². The van der Waals surface area contributed by atoms with Crippen molar-refractivity contribution in [2.45, 2.75) is 39.3 Å². The molecule has 0 atom stereocenters. The van der Waals surface area contributed by atoms with E-state index in [2.05, 4.69) is 39.3 Å². The van der Waals surface area contributed by atoms with Crippen LogP contribution in [0.4, 0.5) is 0 Å². The van der Waals surface area contributed by atoms with Gasteiger partial charge in [-0.15, -0.1) is 0 Å². The third-order valence-corrected chi connectivity index (χ3v) is 6.04. The van der Waals surface area contributed by atoms with Crippen LogP contribution in [0.25, 0.3) is 4.65 Å². The van der Waals surface area contributed by atoms with Crippen LogP contribution in [0.15, 0.2) is 0 Å². The summed E-state index contributed by atoms with van der Waals surface area (Å²) in [6.45, 7) is 13.8. The van der Waals surface area contributed by atoms with Crippen LogP contribution >= 0.6 is 0 Å². The van der Waals surface area contributed by atoms with Crippen molar-refractivity contribution in [2.24, 2.45) is 0 Å². The molecule has 0 aromatic rings. The van der Waals surface area contributed by atoms with Crippen LogP contribution in [-0.4, -0.2) is 16.5 Å². The van der Waals surface area contributed by atoms with Gasteiger partial charge in [0.25, 0.3) is 0 Å². The van der Waals surface area contributed by atoms with Gasteiger partial charge in [0.2, 0.25) is 0 Å². The van der Waals surface area contributed by atoms with E-state index in [1.165, 1.54) is 0 Å². The zero-order chi connectivity index (χ0) is 7.71. The second-order valence-electron chi connectivity index (χ2n) is 4.45. The quantitative estimate of drug-likeness (QED) is 0.489. The fourth-order valence-electron chi connectivity index (χ4n) is 1.01. The summed E-state index contributed by atoms with van der Waals surface area (Å²) < 4.78 is 4.82. The molecule has 0 N–H and O–H groups in total. The van der Waals surface area contributed by atoms with E-state index in [0.717, 1.165) is 0 Å². The van der Waals surface area contributed by atoms with E-state index in [0.29, 0.717) is 0 Å². The van der Waals surface area contributed by atoms with Gasteiger partial charge in [-0.1, -0.05) is 55.8 Å². The van der Waals surface area contributed by atoms with Crippen LogP contribution in [0.2, 0.25) is 39.3 Å². The van der Waals surface area contributed by atoms with Crippen LogP contribution in [0, 0.1) is 0 Å². The molecule has 75 valence electrons. The average Bonchev–Trinajstić information content (AvgIpc) is 1.14. The molecule has 0 spiro atoms. The normalized spacial score (nSPS) is 10.5. The molecular formula is C6H20Cl2NSi2Ti. The van der Waals surface area contributed by atoms with Crippen LogP contribution in [0.1, 0.15) is 1.43 Å². The van der Waals surface area contributed by atoms with Gasteiger partial charge in [-0.3, -0.25) is 0 Å². The van der Waals surface area contributed by atoms with E-state index in [4.69, 9.17) is 4.65 Å². The summed E-state index contributed by atoms with van der Waals surface area (Å²) in [7, 11) is -2.21. The fraction of sp³-hybridized carbons (Fsp3) is 1.00. The van der Waals surface area contributed by atoms with Crippen molar-refractivity contribution < 1.29 is 48.0 Å². The van der Waals surface area contributed by atoms with E-state index < -0.39 is 16.5 Å². The van der Waals surface area contributed by atoms with Gasteiger partial charge >= 0.3 is 21.7 Å². The maximum absolute atomic E-state index is 4.82. The summed E-state index contributed by atoms with van der Waals surface area (Å²) in [4.78, 5) is 0. The van der Waals surface area contributed by atoms with E-state index in [-0.39, 0.29) is 48.0 Å². The first-order valence-corrected chi connectivity index (χ1v) is 10.3. The molecule has 0 aliphatic rings. The Balaban J connectivity index is -0.0000000533. The Morgan fingerprint density at radius 1 is 0.750 bits per heavy atom. The largest absolute Gasteiger partial charge is 3.00 e. The predicted molar refractivity (Wildman–Crippen MR) is 52.2 cm³/mol. The molecule has 12 heavy (non-hydrogen) atoms. The number of hydrogen-bond acceptors (Lipinski definition) is 0. The molecular weight excluding hydrogens is 261 g/mol. The van der Waals surface area contributed by atoms with Gasteiger partial charge in [0.15, 0.2) is 0 Å². The van der Waals surface area contributed by atoms with Gasteiger partial charge in [-0.2, -0.15) is 0 Å². The Kier molecular flexibility index (Phi) is 15.7. The predicted octanol–water partition coefficient (Wildman–Crippen LogP) is -2.72. The zero-order valence-electron chi connectivity index (χ0n) is 8.70. The molecule has 6 heteroatoms. The van der Waals surface area contributed by atoms with Crippen molar-refractivity contribution in [1.82, 2.24) is 0 Å². The van der Waals surface area contributed by atoms with E-state index in [9.17, 15) is 0 Å². The summed E-state index contributed by atoms with van der Waals surface area (Å²) in [6, 6.07) is 0. The third kappa shape index (κ3) is 22.6. The molecule has 0 saturated carbocycles. The molecule has 0 unspecified atom stereocenters. The van der Waals surface area contributed by atoms with Crippen molar-refractivity contribution in [1.29, 1.82) is 0 Å². The van der Waals surface area contributed by atoms with Gasteiger partial charge in [0.1, 0.15) is 0 Å². The van der Waals surface area contributed by atoms with Crippen LogP contribution in [-0.2, 0) is 21.7 Å². The number of rotatable bonds is 2. The van der Waals surface area contributed by atoms with Crippen molar-refractivity contribution in [3.05, 3.63) is 4.65 Å². The maximum Gasteiger partial charge on any atom is 3.00 e. The molecule has 1 radical (unpaired) electrons. The molecule has 0 heterocycles. The monoisotopic (exact) mass is 280 g/mol. The Hall–Kier alpha value is 1.69. The first-order valence-electron chi connectivity index (χ1n) is 3.45. The summed E-state index contributed by atoms with van der Waals surface area (Å²) in [5.74, 6) is 0. The molecule has 0 aromatic heterocycles. The van der Waals surface area contributed by atoms with E-state index >= 15 is 0 Å². The fourth-order valence-corrected chi connectivity index (χ4v) is 9.06. The summed E-state index contributed by atoms with van der Waals surface area (Å²) >= 11 is 0. The minimum absolute atomic E-state index is 0. The molecule has 0 saturated heterocycles. The van der Waals surface area contributed by atoms with Crippen LogP contribution < -0.4 is 24.8 Å². The van der Waals surface area contributed by atoms with Gasteiger partial charge in [0, 0.05) is 1.43 Å². The first kappa shape index (κ1) is 23.5. The molecule has 0 rings (SSSR count).